The van der Waals surface area contributed by atoms with E-state index in [0.717, 1.165) is 18.2 Å². The molecule has 380 valence electrons. The van der Waals surface area contributed by atoms with Gasteiger partial charge in [0, 0.05) is 38.9 Å². The van der Waals surface area contributed by atoms with Gasteiger partial charge in [-0.05, 0) is 135 Å². The molecule has 10 rings (SSSR count). The lowest BCUT2D eigenvalue weighted by Gasteiger charge is -2.12. The van der Waals surface area contributed by atoms with Crippen molar-refractivity contribution in [1.29, 1.82) is 10.5 Å². The minimum absolute atomic E-state index is 0.000801. The van der Waals surface area contributed by atoms with Crippen LogP contribution in [-0.4, -0.2) is 58.9 Å². The van der Waals surface area contributed by atoms with Gasteiger partial charge < -0.3 is 36.9 Å². The molecular formula is C48H37ClF2N14O8S2. The fourth-order valence-electron chi connectivity index (χ4n) is 6.73. The van der Waals surface area contributed by atoms with Gasteiger partial charge in [0.1, 0.15) is 45.5 Å². The van der Waals surface area contributed by atoms with E-state index in [4.69, 9.17) is 47.5 Å². The molecule has 4 heterocycles. The number of carbonyl (C=O) groups excluding carboxylic acids is 2. The zero-order chi connectivity index (χ0) is 53.7. The van der Waals surface area contributed by atoms with Crippen LogP contribution in [0.3, 0.4) is 0 Å². The molecule has 2 aliphatic carbocycles. The Hall–Kier alpha value is -9.37. The van der Waals surface area contributed by atoms with Crippen LogP contribution < -0.4 is 32.6 Å². The molecule has 4 aromatic heterocycles. The summed E-state index contributed by atoms with van der Waals surface area (Å²) in [7, 11) is -2.61. The molecule has 2 saturated carbocycles. The van der Waals surface area contributed by atoms with Crippen LogP contribution in [0, 0.1) is 45.1 Å². The van der Waals surface area contributed by atoms with Gasteiger partial charge in [-0.15, -0.1) is 0 Å². The normalized spacial score (nSPS) is 13.7. The number of nitrogens with two attached hydrogens (primary N) is 3. The van der Waals surface area contributed by atoms with Crippen LogP contribution in [0.2, 0.25) is 0 Å². The quantitative estimate of drug-likeness (QED) is 0.0508. The van der Waals surface area contributed by atoms with Crippen LogP contribution in [0.15, 0.2) is 140 Å². The molecule has 0 saturated heterocycles. The number of carbonyl (C=O) groups is 2. The van der Waals surface area contributed by atoms with Crippen molar-refractivity contribution < 1.29 is 44.3 Å². The first-order valence-electron chi connectivity index (χ1n) is 21.8. The standard InChI is InChI=1S/C24H18FN7O4S.C13H9ClN4O3S.C11H10FN3O/c25-15-10-16(28-23(33)24(13-26)8-9-24)12-17(11-15)32-37(34,35)18-6-4-14(5-7-18)21-30-22(36-31-21)19-2-1-3-20(27)29-19;14-22(19,20)9-6-4-8(5-7-9)12-17-13(21-18-12)10-2-1-3-11(15)16-10;12-7-3-8(14)5-9(4-7)15-10(16)11(6-13)1-2-11/h1-7,10-12,32H,8-9H2,(H2,27,29)(H,28,33);1-7H,(H2,15,16);3-5H,1-2,14H2,(H,15,16). The van der Waals surface area contributed by atoms with Crippen molar-refractivity contribution in [2.45, 2.75) is 35.5 Å². The van der Waals surface area contributed by atoms with Crippen molar-refractivity contribution in [2.24, 2.45) is 10.8 Å². The van der Waals surface area contributed by atoms with Crippen molar-refractivity contribution in [1.82, 2.24) is 30.2 Å². The zero-order valence-electron chi connectivity index (χ0n) is 38.4. The van der Waals surface area contributed by atoms with E-state index in [1.165, 1.54) is 66.7 Å². The molecule has 2 aliphatic rings. The number of nitrogen functional groups attached to an aromatic ring is 3. The van der Waals surface area contributed by atoms with Gasteiger partial charge in [0.15, 0.2) is 0 Å². The number of hydrogen-bond donors (Lipinski definition) is 6. The van der Waals surface area contributed by atoms with Crippen LogP contribution in [-0.2, 0) is 28.7 Å². The molecule has 0 unspecified atom stereocenters. The maximum Gasteiger partial charge on any atom is 0.276 e. The summed E-state index contributed by atoms with van der Waals surface area (Å²) >= 11 is 0. The Labute approximate surface area is 429 Å². The van der Waals surface area contributed by atoms with Crippen LogP contribution in [0.5, 0.6) is 0 Å². The molecule has 4 aromatic carbocycles. The lowest BCUT2D eigenvalue weighted by Crippen LogP contribution is -2.23. The number of nitriles is 2. The first kappa shape index (κ1) is 52.0. The third kappa shape index (κ3) is 12.6. The van der Waals surface area contributed by atoms with Gasteiger partial charge in [-0.3, -0.25) is 14.3 Å². The van der Waals surface area contributed by atoms with E-state index in [0.29, 0.717) is 65.7 Å². The Morgan fingerprint density at radius 2 is 1.01 bits per heavy atom. The zero-order valence-corrected chi connectivity index (χ0v) is 40.8. The number of nitrogens with one attached hydrogen (secondary N) is 3. The number of amides is 2. The third-order valence-electron chi connectivity index (χ3n) is 11.0. The van der Waals surface area contributed by atoms with Crippen LogP contribution in [0.25, 0.3) is 45.9 Å². The Morgan fingerprint density at radius 3 is 1.43 bits per heavy atom. The van der Waals surface area contributed by atoms with E-state index in [9.17, 15) is 35.2 Å². The van der Waals surface area contributed by atoms with E-state index < -0.39 is 47.4 Å². The highest BCUT2D eigenvalue weighted by atomic mass is 35.7. The van der Waals surface area contributed by atoms with Gasteiger partial charge in [-0.2, -0.15) is 20.5 Å². The molecule has 27 heteroatoms. The highest BCUT2D eigenvalue weighted by Gasteiger charge is 2.51. The summed E-state index contributed by atoms with van der Waals surface area (Å²) in [6.45, 7) is 0. The number of pyridine rings is 2. The number of hydrogen-bond acceptors (Lipinski definition) is 19. The summed E-state index contributed by atoms with van der Waals surface area (Å²) in [5.41, 5.74) is 17.1. The van der Waals surface area contributed by atoms with E-state index in [1.807, 2.05) is 12.1 Å². The van der Waals surface area contributed by atoms with Crippen molar-refractivity contribution >= 4 is 76.0 Å². The van der Waals surface area contributed by atoms with Gasteiger partial charge in [0.25, 0.3) is 30.9 Å². The molecule has 0 bridgehead atoms. The average Bonchev–Trinajstić information content (AvgIpc) is 4.24. The number of anilines is 6. The van der Waals surface area contributed by atoms with Crippen molar-refractivity contribution in [3.8, 4) is 58.1 Å². The molecule has 9 N–H and O–H groups in total. The van der Waals surface area contributed by atoms with Crippen molar-refractivity contribution in [3.05, 3.63) is 133 Å². The Kier molecular flexibility index (Phi) is 14.6. The number of nitrogens with zero attached hydrogens (tertiary/aromatic N) is 8. The predicted octanol–water partition coefficient (Wildman–Crippen LogP) is 7.52. The minimum atomic E-state index is -4.11. The van der Waals surface area contributed by atoms with E-state index in [-0.39, 0.29) is 56.1 Å². The highest BCUT2D eigenvalue weighted by molar-refractivity contribution is 8.13. The second kappa shape index (κ2) is 21.0. The molecule has 8 aromatic rings. The van der Waals surface area contributed by atoms with E-state index >= 15 is 0 Å². The first-order chi connectivity index (χ1) is 35.7. The minimum Gasteiger partial charge on any atom is -0.399 e. The number of sulfonamides is 1. The number of rotatable bonds is 12. The third-order valence-corrected chi connectivity index (χ3v) is 13.8. The molecule has 2 fully saturated rings. The lowest BCUT2D eigenvalue weighted by molar-refractivity contribution is -0.120. The Morgan fingerprint density at radius 1 is 0.587 bits per heavy atom. The van der Waals surface area contributed by atoms with Crippen LogP contribution in [0.4, 0.5) is 43.2 Å². The first-order valence-corrected chi connectivity index (χ1v) is 25.6. The van der Waals surface area contributed by atoms with Crippen molar-refractivity contribution in [2.75, 3.05) is 32.6 Å². The monoisotopic (exact) mass is 1070 g/mol. The maximum absolute atomic E-state index is 14.2. The maximum atomic E-state index is 14.2. The topological polar surface area (TPSA) is 368 Å². The summed E-state index contributed by atoms with van der Waals surface area (Å²) < 4.78 is 88.0. The molecule has 22 nitrogen and oxygen atoms in total. The van der Waals surface area contributed by atoms with Crippen LogP contribution >= 0.6 is 10.7 Å². The summed E-state index contributed by atoms with van der Waals surface area (Å²) in [5.74, 6) is -0.706. The SMILES string of the molecule is N#CC1(C(=O)Nc2cc(F)cc(NS(=O)(=O)c3ccc(-c4noc(-c5cccc(N)n5)n4)cc3)c2)CC1.N#CC1(C(=O)Nc2cc(N)cc(F)c2)CC1.Nc1cccc(-c2nc(-c3ccc(S(=O)(=O)Cl)cc3)no2)n1. The molecular weight excluding hydrogens is 1040 g/mol. The van der Waals surface area contributed by atoms with Gasteiger partial charge in [-0.25, -0.2) is 35.6 Å². The highest BCUT2D eigenvalue weighted by Crippen LogP contribution is 2.46. The number of aromatic nitrogens is 6. The van der Waals surface area contributed by atoms with Crippen molar-refractivity contribution in [3.63, 3.8) is 0 Å². The van der Waals surface area contributed by atoms with Gasteiger partial charge in [0.2, 0.25) is 23.5 Å². The van der Waals surface area contributed by atoms with Gasteiger partial charge in [-0.1, -0.05) is 22.4 Å². The summed E-state index contributed by atoms with van der Waals surface area (Å²) in [4.78, 5) is 40.5. The van der Waals surface area contributed by atoms with Gasteiger partial charge in [0.05, 0.1) is 27.6 Å². The number of benzene rings is 4. The molecule has 0 aliphatic heterocycles. The predicted molar refractivity (Wildman–Crippen MR) is 268 cm³/mol. The van der Waals surface area contributed by atoms with E-state index in [2.05, 4.69) is 45.6 Å². The Balaban J connectivity index is 0.000000166. The van der Waals surface area contributed by atoms with E-state index in [1.54, 1.807) is 36.4 Å². The van der Waals surface area contributed by atoms with Gasteiger partial charge >= 0.3 is 0 Å². The summed E-state index contributed by atoms with van der Waals surface area (Å²) in [6.07, 6.45) is 1.95. The molecule has 0 radical (unpaired) electrons. The second-order valence-electron chi connectivity index (χ2n) is 16.6. The fraction of sp³-hybridized carbons (Fsp3) is 0.125. The molecule has 75 heavy (non-hydrogen) atoms. The molecule has 0 spiro atoms. The largest absolute Gasteiger partial charge is 0.399 e. The summed E-state index contributed by atoms with van der Waals surface area (Å²) in [5, 5.41) is 30.7. The smallest absolute Gasteiger partial charge is 0.276 e. The van der Waals surface area contributed by atoms with Crippen LogP contribution in [0.1, 0.15) is 25.7 Å². The molecule has 0 atom stereocenters. The molecule has 2 amide bonds. The lowest BCUT2D eigenvalue weighted by atomic mass is 10.1. The summed E-state index contributed by atoms with van der Waals surface area (Å²) in [6, 6.07) is 32.5. The average molecular weight is 1080 g/mol. The Bertz CT molecular complexity index is 3780. The second-order valence-corrected chi connectivity index (χ2v) is 20.9. The number of halogens is 3. The fourth-order valence-corrected chi connectivity index (χ4v) is 8.54.